The smallest absolute Gasteiger partial charge is 0.324 e. The second-order valence-electron chi connectivity index (χ2n) is 7.53. The summed E-state index contributed by atoms with van der Waals surface area (Å²) in [4.78, 5) is 27.3. The standard InChI is InChI=1S/C24H18F4N2O3S/c25-16-9-10-19(18(13-16)24(26,27)28)29-21(31)14-30-22(32)11-12-34(33)20-8-4-7-17(23(20)30)15-5-2-1-3-6-15/h1-10,13H,11-12,14H2,(H,29,31). The number of para-hydroxylation sites is 1. The van der Waals surface area contributed by atoms with Gasteiger partial charge in [-0.3, -0.25) is 13.8 Å². The minimum absolute atomic E-state index is 0.0539. The average Bonchev–Trinajstić information content (AvgIpc) is 2.92. The molecule has 0 bridgehead atoms. The van der Waals surface area contributed by atoms with Gasteiger partial charge in [-0.25, -0.2) is 4.39 Å². The lowest BCUT2D eigenvalue weighted by Crippen LogP contribution is -2.38. The predicted octanol–water partition coefficient (Wildman–Crippen LogP) is 4.99. The molecule has 0 saturated carbocycles. The average molecular weight is 490 g/mol. The van der Waals surface area contributed by atoms with E-state index in [1.807, 2.05) is 0 Å². The molecule has 3 aromatic rings. The van der Waals surface area contributed by atoms with Gasteiger partial charge in [-0.05, 0) is 29.8 Å². The van der Waals surface area contributed by atoms with E-state index in [1.54, 1.807) is 48.5 Å². The van der Waals surface area contributed by atoms with Gasteiger partial charge < -0.3 is 10.2 Å². The number of benzene rings is 3. The number of halogens is 4. The Balaban J connectivity index is 1.72. The third kappa shape index (κ3) is 4.86. The summed E-state index contributed by atoms with van der Waals surface area (Å²) >= 11 is 0. The number of hydrogen-bond donors (Lipinski definition) is 1. The SMILES string of the molecule is O=C(CN1C(=O)CCS(=O)c2cccc(-c3ccccc3)c21)Nc1ccc(F)cc1C(F)(F)F. The monoisotopic (exact) mass is 490 g/mol. The molecular formula is C24H18F4N2O3S. The summed E-state index contributed by atoms with van der Waals surface area (Å²) in [7, 11) is -1.51. The van der Waals surface area contributed by atoms with Crippen LogP contribution in [0.5, 0.6) is 0 Å². The molecule has 1 unspecified atom stereocenters. The van der Waals surface area contributed by atoms with Crippen LogP contribution < -0.4 is 10.2 Å². The summed E-state index contributed by atoms with van der Waals surface area (Å²) in [5.41, 5.74) is -0.405. The Morgan fingerprint density at radius 2 is 1.76 bits per heavy atom. The summed E-state index contributed by atoms with van der Waals surface area (Å²) in [6.07, 6.45) is -5.00. The molecule has 0 radical (unpaired) electrons. The van der Waals surface area contributed by atoms with Crippen molar-refractivity contribution >= 4 is 34.0 Å². The van der Waals surface area contributed by atoms with Crippen molar-refractivity contribution in [1.82, 2.24) is 0 Å². The Kier molecular flexibility index (Phi) is 6.52. The van der Waals surface area contributed by atoms with Crippen LogP contribution >= 0.6 is 0 Å². The number of carbonyl (C=O) groups excluding carboxylic acids is 2. The molecule has 1 aliphatic heterocycles. The van der Waals surface area contributed by atoms with Crippen LogP contribution in [-0.4, -0.2) is 28.3 Å². The number of nitrogens with one attached hydrogen (secondary N) is 1. The van der Waals surface area contributed by atoms with E-state index in [-0.39, 0.29) is 17.9 Å². The topological polar surface area (TPSA) is 66.5 Å². The molecule has 1 heterocycles. The summed E-state index contributed by atoms with van der Waals surface area (Å²) in [5, 5.41) is 2.14. The van der Waals surface area contributed by atoms with E-state index in [0.717, 1.165) is 17.0 Å². The number of hydrogen-bond acceptors (Lipinski definition) is 3. The molecule has 10 heteroatoms. The Bertz CT molecular complexity index is 1280. The molecular weight excluding hydrogens is 472 g/mol. The van der Waals surface area contributed by atoms with E-state index in [0.29, 0.717) is 22.1 Å². The van der Waals surface area contributed by atoms with Gasteiger partial charge >= 0.3 is 6.18 Å². The summed E-state index contributed by atoms with van der Waals surface area (Å²) in [6.45, 7) is -0.610. The molecule has 4 rings (SSSR count). The van der Waals surface area contributed by atoms with Gasteiger partial charge in [0.2, 0.25) is 11.8 Å². The first kappa shape index (κ1) is 23.6. The first-order chi connectivity index (χ1) is 16.1. The minimum Gasteiger partial charge on any atom is -0.324 e. The number of amides is 2. The van der Waals surface area contributed by atoms with Gasteiger partial charge in [-0.1, -0.05) is 42.5 Å². The number of fused-ring (bicyclic) bond motifs is 1. The maximum Gasteiger partial charge on any atom is 0.418 e. The van der Waals surface area contributed by atoms with Crippen LogP contribution in [0, 0.1) is 5.82 Å². The van der Waals surface area contributed by atoms with Gasteiger partial charge in [-0.2, -0.15) is 13.2 Å². The second-order valence-corrected chi connectivity index (χ2v) is 9.07. The van der Waals surface area contributed by atoms with Crippen LogP contribution in [0.4, 0.5) is 28.9 Å². The van der Waals surface area contributed by atoms with Crippen molar-refractivity contribution in [3.05, 3.63) is 78.1 Å². The lowest BCUT2D eigenvalue weighted by molar-refractivity contribution is -0.137. The van der Waals surface area contributed by atoms with E-state index in [4.69, 9.17) is 0 Å². The van der Waals surface area contributed by atoms with Crippen LogP contribution in [0.3, 0.4) is 0 Å². The molecule has 34 heavy (non-hydrogen) atoms. The highest BCUT2D eigenvalue weighted by atomic mass is 32.2. The first-order valence-corrected chi connectivity index (χ1v) is 11.5. The van der Waals surface area contributed by atoms with Gasteiger partial charge in [0.05, 0.1) is 32.6 Å². The van der Waals surface area contributed by atoms with E-state index < -0.39 is 52.4 Å². The van der Waals surface area contributed by atoms with Crippen LogP contribution in [0.15, 0.2) is 71.6 Å². The Labute approximate surface area is 194 Å². The zero-order valence-corrected chi connectivity index (χ0v) is 18.4. The number of anilines is 2. The third-order valence-electron chi connectivity index (χ3n) is 5.26. The molecule has 2 amide bonds. The summed E-state index contributed by atoms with van der Waals surface area (Å²) in [5.74, 6) is -2.44. The molecule has 1 atom stereocenters. The Morgan fingerprint density at radius 1 is 1.03 bits per heavy atom. The maximum atomic E-state index is 13.4. The fraction of sp³-hybridized carbons (Fsp3) is 0.167. The predicted molar refractivity (Wildman–Crippen MR) is 120 cm³/mol. The molecule has 5 nitrogen and oxygen atoms in total. The fourth-order valence-corrected chi connectivity index (χ4v) is 4.99. The molecule has 0 fully saturated rings. The van der Waals surface area contributed by atoms with Crippen molar-refractivity contribution in [3.63, 3.8) is 0 Å². The van der Waals surface area contributed by atoms with Crippen molar-refractivity contribution in [1.29, 1.82) is 0 Å². The largest absolute Gasteiger partial charge is 0.418 e. The van der Waals surface area contributed by atoms with Crippen LogP contribution in [0.2, 0.25) is 0 Å². The molecule has 0 spiro atoms. The third-order valence-corrected chi connectivity index (χ3v) is 6.66. The summed E-state index contributed by atoms with van der Waals surface area (Å²) in [6, 6.07) is 15.9. The van der Waals surface area contributed by atoms with Crippen molar-refractivity contribution in [2.75, 3.05) is 22.5 Å². The normalized spacial score (nSPS) is 16.1. The molecule has 3 aromatic carbocycles. The van der Waals surface area contributed by atoms with E-state index >= 15 is 0 Å². The second kappa shape index (κ2) is 9.38. The van der Waals surface area contributed by atoms with Crippen molar-refractivity contribution in [2.45, 2.75) is 17.5 Å². The van der Waals surface area contributed by atoms with Crippen LogP contribution in [0.25, 0.3) is 11.1 Å². The molecule has 0 aromatic heterocycles. The van der Waals surface area contributed by atoms with Gasteiger partial charge in [0.15, 0.2) is 0 Å². The van der Waals surface area contributed by atoms with Gasteiger partial charge in [0.1, 0.15) is 12.4 Å². The first-order valence-electron chi connectivity index (χ1n) is 10.2. The van der Waals surface area contributed by atoms with E-state index in [9.17, 15) is 31.4 Å². The molecule has 0 saturated heterocycles. The number of rotatable bonds is 4. The quantitative estimate of drug-likeness (QED) is 0.524. The zero-order valence-electron chi connectivity index (χ0n) is 17.6. The van der Waals surface area contributed by atoms with Crippen molar-refractivity contribution < 1.29 is 31.4 Å². The van der Waals surface area contributed by atoms with Gasteiger partial charge in [-0.15, -0.1) is 0 Å². The van der Waals surface area contributed by atoms with Crippen molar-refractivity contribution in [3.8, 4) is 11.1 Å². The minimum atomic E-state index is -4.90. The molecule has 0 aliphatic carbocycles. The van der Waals surface area contributed by atoms with Gasteiger partial charge in [0.25, 0.3) is 0 Å². The molecule has 1 N–H and O–H groups in total. The lowest BCUT2D eigenvalue weighted by Gasteiger charge is -2.25. The van der Waals surface area contributed by atoms with Gasteiger partial charge in [0, 0.05) is 17.7 Å². The zero-order chi connectivity index (χ0) is 24.5. The van der Waals surface area contributed by atoms with Crippen molar-refractivity contribution in [2.24, 2.45) is 0 Å². The Hall–Kier alpha value is -3.53. The van der Waals surface area contributed by atoms with Crippen LogP contribution in [0.1, 0.15) is 12.0 Å². The number of alkyl halides is 3. The maximum absolute atomic E-state index is 13.4. The molecule has 1 aliphatic rings. The highest BCUT2D eigenvalue weighted by molar-refractivity contribution is 7.85. The van der Waals surface area contributed by atoms with E-state index in [2.05, 4.69) is 5.32 Å². The Morgan fingerprint density at radius 3 is 2.47 bits per heavy atom. The number of nitrogens with zero attached hydrogens (tertiary/aromatic N) is 1. The fourth-order valence-electron chi connectivity index (χ4n) is 3.75. The lowest BCUT2D eigenvalue weighted by atomic mass is 10.0. The van der Waals surface area contributed by atoms with E-state index in [1.165, 1.54) is 0 Å². The molecule has 176 valence electrons. The van der Waals surface area contributed by atoms with Crippen LogP contribution in [-0.2, 0) is 26.6 Å². The highest BCUT2D eigenvalue weighted by Crippen LogP contribution is 2.39. The summed E-state index contributed by atoms with van der Waals surface area (Å²) < 4.78 is 66.2. The highest BCUT2D eigenvalue weighted by Gasteiger charge is 2.35. The number of carbonyl (C=O) groups is 2.